The summed E-state index contributed by atoms with van der Waals surface area (Å²) < 4.78 is 4.25. The molecule has 0 fully saturated rings. The van der Waals surface area contributed by atoms with Gasteiger partial charge in [0.25, 0.3) is 0 Å². The highest BCUT2D eigenvalue weighted by Crippen LogP contribution is 2.22. The Bertz CT molecular complexity index is 539. The first kappa shape index (κ1) is 13.4. The topological polar surface area (TPSA) is 35.6 Å². The van der Waals surface area contributed by atoms with Gasteiger partial charge in [-0.1, -0.05) is 13.8 Å². The van der Waals surface area contributed by atoms with Crippen LogP contribution in [0.15, 0.2) is 0 Å². The highest BCUT2D eigenvalue weighted by atomic mass is 35.5. The third-order valence-electron chi connectivity index (χ3n) is 3.23. The average Bonchev–Trinajstić information content (AvgIpc) is 2.84. The Balaban J connectivity index is 2.52. The van der Waals surface area contributed by atoms with Crippen molar-refractivity contribution in [3.63, 3.8) is 0 Å². The Morgan fingerprint density at radius 3 is 2.61 bits per heavy atom. The first-order chi connectivity index (χ1) is 8.58. The van der Waals surface area contributed by atoms with Crippen LogP contribution < -0.4 is 0 Å². The lowest BCUT2D eigenvalue weighted by Gasteiger charge is -2.10. The van der Waals surface area contributed by atoms with Crippen LogP contribution >= 0.6 is 11.6 Å². The molecular formula is C13H21ClN4. The molecule has 0 aromatic carbocycles. The molecule has 0 aliphatic heterocycles. The molecule has 0 radical (unpaired) electrons. The van der Waals surface area contributed by atoms with E-state index < -0.39 is 0 Å². The van der Waals surface area contributed by atoms with E-state index in [1.165, 1.54) is 0 Å². The zero-order valence-electron chi connectivity index (χ0n) is 11.6. The van der Waals surface area contributed by atoms with Crippen molar-refractivity contribution in [2.24, 2.45) is 5.92 Å². The van der Waals surface area contributed by atoms with Crippen LogP contribution in [-0.2, 0) is 19.0 Å². The van der Waals surface area contributed by atoms with E-state index in [-0.39, 0.29) is 0 Å². The predicted molar refractivity (Wildman–Crippen MR) is 74.9 cm³/mol. The maximum absolute atomic E-state index is 6.01. The minimum Gasteiger partial charge on any atom is -0.312 e. The van der Waals surface area contributed by atoms with Gasteiger partial charge in [0.05, 0.1) is 11.6 Å². The van der Waals surface area contributed by atoms with Gasteiger partial charge in [0, 0.05) is 13.1 Å². The molecule has 0 unspecified atom stereocenters. The molecule has 0 saturated heterocycles. The Morgan fingerprint density at radius 1 is 1.33 bits per heavy atom. The van der Waals surface area contributed by atoms with Crippen LogP contribution in [0, 0.1) is 12.8 Å². The number of hydrogen-bond donors (Lipinski definition) is 0. The zero-order valence-corrected chi connectivity index (χ0v) is 12.3. The van der Waals surface area contributed by atoms with Crippen LogP contribution in [0.1, 0.15) is 38.7 Å². The molecule has 18 heavy (non-hydrogen) atoms. The zero-order chi connectivity index (χ0) is 13.3. The summed E-state index contributed by atoms with van der Waals surface area (Å²) in [6, 6.07) is 0. The first-order valence-corrected chi connectivity index (χ1v) is 7.10. The van der Waals surface area contributed by atoms with Crippen molar-refractivity contribution in [1.29, 1.82) is 0 Å². The van der Waals surface area contributed by atoms with E-state index in [9.17, 15) is 0 Å². The van der Waals surface area contributed by atoms with Gasteiger partial charge in [0.2, 0.25) is 0 Å². The molecule has 0 saturated carbocycles. The van der Waals surface area contributed by atoms with E-state index in [4.69, 9.17) is 11.6 Å². The van der Waals surface area contributed by atoms with Crippen molar-refractivity contribution in [3.05, 3.63) is 11.5 Å². The van der Waals surface area contributed by atoms with Crippen LogP contribution in [0.25, 0.3) is 11.2 Å². The highest BCUT2D eigenvalue weighted by Gasteiger charge is 2.17. The fourth-order valence-corrected chi connectivity index (χ4v) is 2.42. The average molecular weight is 269 g/mol. The van der Waals surface area contributed by atoms with Crippen LogP contribution in [0.3, 0.4) is 0 Å². The van der Waals surface area contributed by atoms with Crippen LogP contribution in [0.5, 0.6) is 0 Å². The first-order valence-electron chi connectivity index (χ1n) is 6.56. The molecule has 2 rings (SSSR count). The molecule has 100 valence electrons. The van der Waals surface area contributed by atoms with Gasteiger partial charge in [0.1, 0.15) is 11.3 Å². The van der Waals surface area contributed by atoms with E-state index in [1.807, 2.05) is 11.6 Å². The van der Waals surface area contributed by atoms with Crippen molar-refractivity contribution in [3.8, 4) is 0 Å². The van der Waals surface area contributed by atoms with E-state index in [2.05, 4.69) is 35.4 Å². The largest absolute Gasteiger partial charge is 0.312 e. The summed E-state index contributed by atoms with van der Waals surface area (Å²) in [4.78, 5) is 4.62. The van der Waals surface area contributed by atoms with Gasteiger partial charge in [-0.25, -0.2) is 9.67 Å². The van der Waals surface area contributed by atoms with Gasteiger partial charge in [-0.3, -0.25) is 0 Å². The molecule has 0 aliphatic rings. The summed E-state index contributed by atoms with van der Waals surface area (Å²) >= 11 is 6.01. The maximum atomic E-state index is 6.01. The second kappa shape index (κ2) is 5.31. The van der Waals surface area contributed by atoms with Gasteiger partial charge in [-0.15, -0.1) is 11.6 Å². The van der Waals surface area contributed by atoms with Crippen LogP contribution in [-0.4, -0.2) is 19.3 Å². The fourth-order valence-electron chi connectivity index (χ4n) is 2.21. The SMILES string of the molecule is CCn1nc(C)c2nc(CCl)n(CCC(C)C)c21. The molecule has 2 aromatic rings. The lowest BCUT2D eigenvalue weighted by atomic mass is 10.1. The summed E-state index contributed by atoms with van der Waals surface area (Å²) in [6.07, 6.45) is 1.13. The fraction of sp³-hybridized carbons (Fsp3) is 0.692. The molecule has 2 heterocycles. The molecule has 0 bridgehead atoms. The van der Waals surface area contributed by atoms with E-state index in [0.717, 1.165) is 42.2 Å². The van der Waals surface area contributed by atoms with Gasteiger partial charge >= 0.3 is 0 Å². The van der Waals surface area contributed by atoms with Gasteiger partial charge in [-0.05, 0) is 26.2 Å². The number of rotatable bonds is 5. The molecule has 0 atom stereocenters. The monoisotopic (exact) mass is 268 g/mol. The second-order valence-corrected chi connectivity index (χ2v) is 5.34. The Morgan fingerprint density at radius 2 is 2.06 bits per heavy atom. The Hall–Kier alpha value is -1.03. The smallest absolute Gasteiger partial charge is 0.158 e. The quantitative estimate of drug-likeness (QED) is 0.780. The second-order valence-electron chi connectivity index (χ2n) is 5.07. The number of alkyl halides is 1. The number of halogens is 1. The minimum absolute atomic E-state index is 0.454. The normalized spacial score (nSPS) is 11.9. The lowest BCUT2D eigenvalue weighted by molar-refractivity contribution is 0.507. The van der Waals surface area contributed by atoms with E-state index in [1.54, 1.807) is 0 Å². The van der Waals surface area contributed by atoms with Crippen LogP contribution in [0.2, 0.25) is 0 Å². The molecule has 0 spiro atoms. The lowest BCUT2D eigenvalue weighted by Crippen LogP contribution is -2.09. The van der Waals surface area contributed by atoms with Crippen molar-refractivity contribution in [2.75, 3.05) is 0 Å². The number of fused-ring (bicyclic) bond motifs is 1. The summed E-state index contributed by atoms with van der Waals surface area (Å²) in [6.45, 7) is 10.4. The number of imidazole rings is 1. The van der Waals surface area contributed by atoms with Gasteiger partial charge < -0.3 is 4.57 Å². The predicted octanol–water partition coefficient (Wildman–Crippen LogP) is 3.35. The Kier molecular flexibility index (Phi) is 3.95. The minimum atomic E-state index is 0.454. The number of nitrogens with zero attached hydrogens (tertiary/aromatic N) is 4. The highest BCUT2D eigenvalue weighted by molar-refractivity contribution is 6.16. The van der Waals surface area contributed by atoms with Crippen molar-refractivity contribution < 1.29 is 0 Å². The summed E-state index contributed by atoms with van der Waals surface area (Å²) in [5, 5.41) is 4.52. The van der Waals surface area contributed by atoms with Crippen molar-refractivity contribution in [2.45, 2.75) is 53.1 Å². The van der Waals surface area contributed by atoms with Crippen molar-refractivity contribution >= 4 is 22.8 Å². The van der Waals surface area contributed by atoms with Crippen LogP contribution in [0.4, 0.5) is 0 Å². The Labute approximate surface area is 113 Å². The third-order valence-corrected chi connectivity index (χ3v) is 3.47. The molecular weight excluding hydrogens is 248 g/mol. The van der Waals surface area contributed by atoms with Gasteiger partial charge in [0.15, 0.2) is 5.65 Å². The number of aromatic nitrogens is 4. The molecule has 0 amide bonds. The molecule has 0 N–H and O–H groups in total. The summed E-state index contributed by atoms with van der Waals surface area (Å²) in [5.41, 5.74) is 3.10. The molecule has 4 nitrogen and oxygen atoms in total. The van der Waals surface area contributed by atoms with Gasteiger partial charge in [-0.2, -0.15) is 5.10 Å². The van der Waals surface area contributed by atoms with E-state index in [0.29, 0.717) is 11.8 Å². The third kappa shape index (κ3) is 2.26. The summed E-state index contributed by atoms with van der Waals surface area (Å²) in [7, 11) is 0. The number of hydrogen-bond acceptors (Lipinski definition) is 2. The standard InChI is InChI=1S/C13H21ClN4/c1-5-18-13-12(10(4)16-18)15-11(8-14)17(13)7-6-9(2)3/h9H,5-8H2,1-4H3. The number of aryl methyl sites for hydroxylation is 3. The van der Waals surface area contributed by atoms with E-state index >= 15 is 0 Å². The maximum Gasteiger partial charge on any atom is 0.158 e. The molecule has 2 aromatic heterocycles. The summed E-state index contributed by atoms with van der Waals surface area (Å²) in [5.74, 6) is 2.08. The molecule has 5 heteroatoms. The molecule has 0 aliphatic carbocycles. The van der Waals surface area contributed by atoms with Crippen molar-refractivity contribution in [1.82, 2.24) is 19.3 Å².